The third kappa shape index (κ3) is 2.61. The lowest BCUT2D eigenvalue weighted by Crippen LogP contribution is -2.18. The van der Waals surface area contributed by atoms with Crippen LogP contribution in [0.15, 0.2) is 18.2 Å². The topological polar surface area (TPSA) is 21.3 Å². The summed E-state index contributed by atoms with van der Waals surface area (Å²) in [5.41, 5.74) is 2.08. The molecule has 1 saturated carbocycles. The van der Waals surface area contributed by atoms with Gasteiger partial charge in [-0.05, 0) is 41.0 Å². The van der Waals surface area contributed by atoms with Crippen molar-refractivity contribution < 1.29 is 4.74 Å². The molecule has 1 N–H and O–H groups in total. The number of methoxy groups -OCH3 is 1. The summed E-state index contributed by atoms with van der Waals surface area (Å²) in [4.78, 5) is 0. The fraction of sp³-hybridized carbons (Fsp3) is 0.625. The molecule has 0 spiro atoms. The van der Waals surface area contributed by atoms with Crippen LogP contribution in [0.1, 0.15) is 33.3 Å². The first-order valence-electron chi connectivity index (χ1n) is 6.84. The Labute approximate surface area is 121 Å². The first-order valence-corrected chi connectivity index (χ1v) is 7.21. The third-order valence-corrected chi connectivity index (χ3v) is 5.51. The lowest BCUT2D eigenvalue weighted by molar-refractivity contribution is 0.415. The van der Waals surface area contributed by atoms with E-state index in [0.717, 1.165) is 24.8 Å². The average Bonchev–Trinajstić information content (AvgIpc) is 2.71. The summed E-state index contributed by atoms with van der Waals surface area (Å²) in [6, 6.07) is 5.95. The van der Waals surface area contributed by atoms with Crippen molar-refractivity contribution in [2.75, 3.05) is 13.7 Å². The SMILES string of the molecule is COc1ccc(CNCC2C(C)(C)C2(C)C)cc1Cl. The average molecular weight is 282 g/mol. The van der Waals surface area contributed by atoms with Crippen molar-refractivity contribution in [3.8, 4) is 5.75 Å². The van der Waals surface area contributed by atoms with E-state index >= 15 is 0 Å². The van der Waals surface area contributed by atoms with Crippen molar-refractivity contribution in [1.82, 2.24) is 5.32 Å². The van der Waals surface area contributed by atoms with Crippen molar-refractivity contribution >= 4 is 11.6 Å². The largest absolute Gasteiger partial charge is 0.495 e. The van der Waals surface area contributed by atoms with E-state index in [2.05, 4.69) is 39.1 Å². The number of hydrogen-bond acceptors (Lipinski definition) is 2. The van der Waals surface area contributed by atoms with Crippen LogP contribution < -0.4 is 10.1 Å². The zero-order chi connectivity index (χ0) is 14.3. The number of hydrogen-bond donors (Lipinski definition) is 1. The molecule has 0 radical (unpaired) electrons. The fourth-order valence-electron chi connectivity index (χ4n) is 3.02. The number of ether oxygens (including phenoxy) is 1. The second-order valence-corrected chi connectivity index (χ2v) is 7.00. The van der Waals surface area contributed by atoms with Crippen LogP contribution in [0, 0.1) is 16.7 Å². The van der Waals surface area contributed by atoms with Crippen LogP contribution in [0.2, 0.25) is 5.02 Å². The summed E-state index contributed by atoms with van der Waals surface area (Å²) in [5.74, 6) is 1.48. The van der Waals surface area contributed by atoms with E-state index in [1.54, 1.807) is 7.11 Å². The van der Waals surface area contributed by atoms with Crippen LogP contribution in [0.3, 0.4) is 0 Å². The normalized spacial score (nSPS) is 20.3. The van der Waals surface area contributed by atoms with Crippen LogP contribution in [0.25, 0.3) is 0 Å². The zero-order valence-corrected chi connectivity index (χ0v) is 13.3. The maximum atomic E-state index is 6.12. The van der Waals surface area contributed by atoms with Gasteiger partial charge in [0.2, 0.25) is 0 Å². The molecule has 1 aliphatic carbocycles. The molecule has 1 aliphatic rings. The maximum Gasteiger partial charge on any atom is 0.137 e. The van der Waals surface area contributed by atoms with E-state index in [1.165, 1.54) is 5.56 Å². The highest BCUT2D eigenvalue weighted by Gasteiger charge is 2.63. The van der Waals surface area contributed by atoms with Crippen LogP contribution in [0.5, 0.6) is 5.75 Å². The Morgan fingerprint density at radius 3 is 2.32 bits per heavy atom. The summed E-state index contributed by atoms with van der Waals surface area (Å²) in [6.45, 7) is 11.3. The standard InChI is InChI=1S/C16H24ClNO/c1-15(2)14(16(15,3)4)10-18-9-11-6-7-13(19-5)12(17)8-11/h6-8,14,18H,9-10H2,1-5H3. The molecule has 1 aromatic rings. The van der Waals surface area contributed by atoms with Crippen LogP contribution in [0.4, 0.5) is 0 Å². The van der Waals surface area contributed by atoms with Gasteiger partial charge in [-0.2, -0.15) is 0 Å². The van der Waals surface area contributed by atoms with Gasteiger partial charge in [-0.1, -0.05) is 45.4 Å². The number of nitrogens with one attached hydrogen (secondary N) is 1. The molecule has 0 bridgehead atoms. The molecule has 3 heteroatoms. The molecular formula is C16H24ClNO. The van der Waals surface area contributed by atoms with E-state index < -0.39 is 0 Å². The number of rotatable bonds is 5. The van der Waals surface area contributed by atoms with E-state index in [4.69, 9.17) is 16.3 Å². The molecule has 2 rings (SSSR count). The minimum atomic E-state index is 0.442. The second-order valence-electron chi connectivity index (χ2n) is 6.60. The van der Waals surface area contributed by atoms with Gasteiger partial charge in [-0.15, -0.1) is 0 Å². The molecule has 0 aromatic heterocycles. The molecule has 19 heavy (non-hydrogen) atoms. The Hall–Kier alpha value is -0.730. The van der Waals surface area contributed by atoms with Gasteiger partial charge >= 0.3 is 0 Å². The van der Waals surface area contributed by atoms with Crippen molar-refractivity contribution in [3.05, 3.63) is 28.8 Å². The predicted molar refractivity (Wildman–Crippen MR) is 80.8 cm³/mol. The van der Waals surface area contributed by atoms with E-state index in [0.29, 0.717) is 15.9 Å². The van der Waals surface area contributed by atoms with Crippen LogP contribution >= 0.6 is 11.6 Å². The minimum absolute atomic E-state index is 0.442. The summed E-state index contributed by atoms with van der Waals surface area (Å²) >= 11 is 6.12. The summed E-state index contributed by atoms with van der Waals surface area (Å²) in [6.07, 6.45) is 0. The molecule has 106 valence electrons. The Kier molecular flexibility index (Phi) is 3.85. The molecule has 1 fully saturated rings. The van der Waals surface area contributed by atoms with E-state index in [-0.39, 0.29) is 0 Å². The van der Waals surface area contributed by atoms with Crippen molar-refractivity contribution in [2.45, 2.75) is 34.2 Å². The molecule has 0 aliphatic heterocycles. The highest BCUT2D eigenvalue weighted by atomic mass is 35.5. The fourth-order valence-corrected chi connectivity index (χ4v) is 3.30. The van der Waals surface area contributed by atoms with Crippen molar-refractivity contribution in [3.63, 3.8) is 0 Å². The zero-order valence-electron chi connectivity index (χ0n) is 12.5. The van der Waals surface area contributed by atoms with Gasteiger partial charge in [0.05, 0.1) is 12.1 Å². The second kappa shape index (κ2) is 4.99. The van der Waals surface area contributed by atoms with Crippen molar-refractivity contribution in [1.29, 1.82) is 0 Å². The lowest BCUT2D eigenvalue weighted by atomic mass is 10.0. The lowest BCUT2D eigenvalue weighted by Gasteiger charge is -2.08. The van der Waals surface area contributed by atoms with Gasteiger partial charge in [-0.25, -0.2) is 0 Å². The molecule has 1 aromatic carbocycles. The first-order chi connectivity index (χ1) is 8.80. The molecule has 0 unspecified atom stereocenters. The monoisotopic (exact) mass is 281 g/mol. The Balaban J connectivity index is 1.86. The van der Waals surface area contributed by atoms with Gasteiger partial charge < -0.3 is 10.1 Å². The molecule has 2 nitrogen and oxygen atoms in total. The van der Waals surface area contributed by atoms with E-state index in [9.17, 15) is 0 Å². The highest BCUT2D eigenvalue weighted by Crippen LogP contribution is 2.67. The molecule has 0 atom stereocenters. The van der Waals surface area contributed by atoms with Gasteiger partial charge in [0.15, 0.2) is 0 Å². The van der Waals surface area contributed by atoms with Gasteiger partial charge in [0, 0.05) is 6.54 Å². The minimum Gasteiger partial charge on any atom is -0.495 e. The third-order valence-electron chi connectivity index (χ3n) is 5.21. The van der Waals surface area contributed by atoms with Crippen molar-refractivity contribution in [2.24, 2.45) is 16.7 Å². The van der Waals surface area contributed by atoms with Gasteiger partial charge in [0.25, 0.3) is 0 Å². The first kappa shape index (κ1) is 14.7. The van der Waals surface area contributed by atoms with Crippen LogP contribution in [-0.4, -0.2) is 13.7 Å². The Morgan fingerprint density at radius 2 is 1.84 bits per heavy atom. The Bertz CT molecular complexity index is 454. The maximum absolute atomic E-state index is 6.12. The smallest absolute Gasteiger partial charge is 0.137 e. The molecule has 0 heterocycles. The summed E-state index contributed by atoms with van der Waals surface area (Å²) in [5, 5.41) is 4.21. The molecule has 0 saturated heterocycles. The number of halogens is 1. The molecular weight excluding hydrogens is 258 g/mol. The van der Waals surface area contributed by atoms with Crippen LogP contribution in [-0.2, 0) is 6.54 Å². The highest BCUT2D eigenvalue weighted by molar-refractivity contribution is 6.32. The summed E-state index contributed by atoms with van der Waals surface area (Å²) < 4.78 is 5.15. The predicted octanol–water partition coefficient (Wildman–Crippen LogP) is 4.12. The van der Waals surface area contributed by atoms with E-state index in [1.807, 2.05) is 12.1 Å². The van der Waals surface area contributed by atoms with Gasteiger partial charge in [-0.3, -0.25) is 0 Å². The quantitative estimate of drug-likeness (QED) is 0.877. The Morgan fingerprint density at radius 1 is 1.21 bits per heavy atom. The molecule has 0 amide bonds. The van der Waals surface area contributed by atoms with Gasteiger partial charge in [0.1, 0.15) is 5.75 Å². The summed E-state index contributed by atoms with van der Waals surface area (Å²) in [7, 11) is 1.64. The number of benzene rings is 1.